The molecule has 4 N–H and O–H groups in total. The van der Waals surface area contributed by atoms with E-state index in [9.17, 15) is 14.4 Å². The number of carbonyl (C=O) groups excluding carboxylic acids is 2. The summed E-state index contributed by atoms with van der Waals surface area (Å²) in [4.78, 5) is 34.3. The second-order valence-electron chi connectivity index (χ2n) is 4.45. The van der Waals surface area contributed by atoms with Gasteiger partial charge in [-0.1, -0.05) is 0 Å². The minimum Gasteiger partial charge on any atom is -0.481 e. The number of urea groups is 1. The lowest BCUT2D eigenvalue weighted by Gasteiger charge is -2.32. The molecule has 8 nitrogen and oxygen atoms in total. The lowest BCUT2D eigenvalue weighted by Crippen LogP contribution is -2.46. The molecule has 19 heavy (non-hydrogen) atoms. The second-order valence-corrected chi connectivity index (χ2v) is 4.45. The zero-order valence-corrected chi connectivity index (χ0v) is 10.6. The number of amides is 3. The monoisotopic (exact) mass is 273 g/mol. The van der Waals surface area contributed by atoms with Crippen LogP contribution in [0.2, 0.25) is 0 Å². The molecule has 1 fully saturated rings. The predicted octanol–water partition coefficient (Wildman–Crippen LogP) is -0.0220. The molecule has 1 aliphatic heterocycles. The van der Waals surface area contributed by atoms with Crippen LogP contribution in [0, 0.1) is 5.92 Å². The van der Waals surface area contributed by atoms with Crippen molar-refractivity contribution in [2.75, 3.05) is 26.2 Å². The molecule has 0 radical (unpaired) electrons. The zero-order chi connectivity index (χ0) is 14.3. The molecule has 1 unspecified atom stereocenters. The molecular formula is C11H19N3O5. The lowest BCUT2D eigenvalue weighted by atomic mass is 9.95. The van der Waals surface area contributed by atoms with Gasteiger partial charge in [0.2, 0.25) is 0 Å². The van der Waals surface area contributed by atoms with Crippen molar-refractivity contribution in [1.82, 2.24) is 10.2 Å². The molecule has 1 atom stereocenters. The molecule has 1 heterocycles. The number of hydrogen-bond donors (Lipinski definition) is 3. The number of rotatable bonds is 5. The van der Waals surface area contributed by atoms with E-state index >= 15 is 0 Å². The van der Waals surface area contributed by atoms with Gasteiger partial charge in [0.15, 0.2) is 0 Å². The van der Waals surface area contributed by atoms with Crippen LogP contribution in [0.1, 0.15) is 19.3 Å². The quantitative estimate of drug-likeness (QED) is 0.607. The van der Waals surface area contributed by atoms with Crippen LogP contribution in [0.4, 0.5) is 9.59 Å². The number of likely N-dealkylation sites (tertiary alicyclic amines) is 1. The first-order valence-corrected chi connectivity index (χ1v) is 6.16. The van der Waals surface area contributed by atoms with Crippen molar-refractivity contribution in [1.29, 1.82) is 0 Å². The van der Waals surface area contributed by atoms with Gasteiger partial charge in [-0.3, -0.25) is 4.79 Å². The molecule has 1 aliphatic rings. The Morgan fingerprint density at radius 3 is 2.79 bits per heavy atom. The number of carboxylic acid groups (broad SMARTS) is 1. The molecule has 0 aliphatic carbocycles. The summed E-state index contributed by atoms with van der Waals surface area (Å²) < 4.78 is 4.48. The number of hydrogen-bond acceptors (Lipinski definition) is 4. The Morgan fingerprint density at radius 2 is 2.16 bits per heavy atom. The molecule has 3 amide bonds. The number of primary amides is 1. The van der Waals surface area contributed by atoms with Crippen molar-refractivity contribution in [3.05, 3.63) is 0 Å². The van der Waals surface area contributed by atoms with Gasteiger partial charge in [-0.25, -0.2) is 9.59 Å². The van der Waals surface area contributed by atoms with E-state index in [1.807, 2.05) is 0 Å². The number of aliphatic carboxylic acids is 1. The predicted molar refractivity (Wildman–Crippen MR) is 65.5 cm³/mol. The fourth-order valence-corrected chi connectivity index (χ4v) is 2.08. The molecule has 0 saturated carbocycles. The number of carbonyl (C=O) groups is 3. The van der Waals surface area contributed by atoms with E-state index in [1.54, 1.807) is 4.90 Å². The number of nitrogens with zero attached hydrogens (tertiary/aromatic N) is 1. The average molecular weight is 273 g/mol. The molecule has 108 valence electrons. The Morgan fingerprint density at radius 1 is 1.42 bits per heavy atom. The fourth-order valence-electron chi connectivity index (χ4n) is 2.08. The topological polar surface area (TPSA) is 122 Å². The summed E-state index contributed by atoms with van der Waals surface area (Å²) >= 11 is 0. The number of nitrogens with one attached hydrogen (secondary N) is 1. The van der Waals surface area contributed by atoms with Crippen molar-refractivity contribution >= 4 is 18.1 Å². The maximum absolute atomic E-state index is 11.8. The summed E-state index contributed by atoms with van der Waals surface area (Å²) in [6, 6.07) is -0.275. The minimum atomic E-state index is -0.881. The van der Waals surface area contributed by atoms with E-state index in [0.717, 1.165) is 12.8 Å². The molecule has 0 spiro atoms. The average Bonchev–Trinajstić information content (AvgIpc) is 2.33. The molecule has 0 aromatic carbocycles. The highest BCUT2D eigenvalue weighted by molar-refractivity contribution is 5.74. The number of carboxylic acids is 1. The largest absolute Gasteiger partial charge is 0.481 e. The van der Waals surface area contributed by atoms with Gasteiger partial charge in [0.25, 0.3) is 0 Å². The number of nitrogens with two attached hydrogens (primary N) is 1. The highest BCUT2D eigenvalue weighted by Crippen LogP contribution is 2.19. The van der Waals surface area contributed by atoms with Crippen molar-refractivity contribution in [2.24, 2.45) is 11.7 Å². The lowest BCUT2D eigenvalue weighted by molar-refractivity contribution is -0.138. The van der Waals surface area contributed by atoms with E-state index in [2.05, 4.69) is 10.1 Å². The van der Waals surface area contributed by atoms with Crippen molar-refractivity contribution in [3.8, 4) is 0 Å². The summed E-state index contributed by atoms with van der Waals surface area (Å²) in [5.74, 6) is -0.846. The summed E-state index contributed by atoms with van der Waals surface area (Å²) in [6.45, 7) is 1.25. The van der Waals surface area contributed by atoms with E-state index < -0.39 is 12.1 Å². The summed E-state index contributed by atoms with van der Waals surface area (Å²) in [5.41, 5.74) is 4.78. The molecule has 0 aromatic rings. The molecule has 0 bridgehead atoms. The highest BCUT2D eigenvalue weighted by atomic mass is 16.5. The third-order valence-corrected chi connectivity index (χ3v) is 2.89. The molecular weight excluding hydrogens is 254 g/mol. The highest BCUT2D eigenvalue weighted by Gasteiger charge is 2.24. The van der Waals surface area contributed by atoms with Crippen LogP contribution < -0.4 is 11.1 Å². The fraction of sp³-hybridized carbons (Fsp3) is 0.727. The van der Waals surface area contributed by atoms with E-state index in [-0.39, 0.29) is 31.5 Å². The zero-order valence-electron chi connectivity index (χ0n) is 10.6. The Kier molecular flexibility index (Phi) is 5.91. The first-order chi connectivity index (χ1) is 8.99. The molecule has 1 rings (SSSR count). The third-order valence-electron chi connectivity index (χ3n) is 2.89. The third kappa shape index (κ3) is 5.94. The van der Waals surface area contributed by atoms with Crippen LogP contribution in [0.25, 0.3) is 0 Å². The van der Waals surface area contributed by atoms with Gasteiger partial charge in [-0.05, 0) is 18.8 Å². The van der Waals surface area contributed by atoms with Crippen LogP contribution in [-0.2, 0) is 9.53 Å². The van der Waals surface area contributed by atoms with E-state index in [1.165, 1.54) is 0 Å². The van der Waals surface area contributed by atoms with Gasteiger partial charge < -0.3 is 25.8 Å². The van der Waals surface area contributed by atoms with Gasteiger partial charge in [0, 0.05) is 19.5 Å². The van der Waals surface area contributed by atoms with Crippen molar-refractivity contribution in [2.45, 2.75) is 19.3 Å². The second kappa shape index (κ2) is 7.45. The van der Waals surface area contributed by atoms with Crippen molar-refractivity contribution < 1.29 is 24.2 Å². The van der Waals surface area contributed by atoms with E-state index in [4.69, 9.17) is 10.8 Å². The summed E-state index contributed by atoms with van der Waals surface area (Å²) in [7, 11) is 0. The van der Waals surface area contributed by atoms with Gasteiger partial charge in [0.05, 0.1) is 6.54 Å². The van der Waals surface area contributed by atoms with Crippen LogP contribution >= 0.6 is 0 Å². The number of ether oxygens (including phenoxy) is 1. The molecule has 1 saturated heterocycles. The van der Waals surface area contributed by atoms with E-state index in [0.29, 0.717) is 13.1 Å². The SMILES string of the molecule is NC(=O)OCCNC(=O)N1CCCC(CC(=O)O)C1. The van der Waals surface area contributed by atoms with Gasteiger partial charge in [-0.15, -0.1) is 0 Å². The standard InChI is InChI=1S/C11H19N3O5/c12-10(17)19-5-3-13-11(18)14-4-1-2-8(7-14)6-9(15)16/h8H,1-7H2,(H2,12,17)(H,13,18)(H,15,16). The van der Waals surface area contributed by atoms with Gasteiger partial charge >= 0.3 is 18.1 Å². The van der Waals surface area contributed by atoms with Gasteiger partial charge in [-0.2, -0.15) is 0 Å². The Hall–Kier alpha value is -1.99. The van der Waals surface area contributed by atoms with Crippen LogP contribution in [0.3, 0.4) is 0 Å². The Balaban J connectivity index is 2.27. The maximum Gasteiger partial charge on any atom is 0.404 e. The summed E-state index contributed by atoms with van der Waals surface area (Å²) in [5, 5.41) is 11.3. The first kappa shape index (κ1) is 15.1. The Labute approximate surface area is 110 Å². The van der Waals surface area contributed by atoms with Crippen LogP contribution in [0.5, 0.6) is 0 Å². The molecule has 8 heteroatoms. The smallest absolute Gasteiger partial charge is 0.404 e. The molecule has 0 aromatic heterocycles. The number of piperidine rings is 1. The maximum atomic E-state index is 11.8. The first-order valence-electron chi connectivity index (χ1n) is 6.16. The van der Waals surface area contributed by atoms with Crippen molar-refractivity contribution in [3.63, 3.8) is 0 Å². The van der Waals surface area contributed by atoms with Crippen LogP contribution in [0.15, 0.2) is 0 Å². The van der Waals surface area contributed by atoms with Gasteiger partial charge in [0.1, 0.15) is 6.61 Å². The minimum absolute atomic E-state index is 0.00105. The summed E-state index contributed by atoms with van der Waals surface area (Å²) in [6.07, 6.45) is 0.812. The normalized spacial score (nSPS) is 18.7. The van der Waals surface area contributed by atoms with Crippen LogP contribution in [-0.4, -0.2) is 54.3 Å². The Bertz CT molecular complexity index is 347.